The summed E-state index contributed by atoms with van der Waals surface area (Å²) in [7, 11) is 0. The minimum Gasteiger partial charge on any atom is -0.307 e. The molecule has 0 amide bonds. The van der Waals surface area contributed by atoms with E-state index in [9.17, 15) is 4.39 Å². The smallest absolute Gasteiger partial charge is 0.127 e. The fraction of sp³-hybridized carbons (Fsp3) is 0.438. The minimum absolute atomic E-state index is 0.156. The van der Waals surface area contributed by atoms with E-state index in [-0.39, 0.29) is 5.82 Å². The molecule has 3 nitrogen and oxygen atoms in total. The second kappa shape index (κ2) is 6.18. The molecule has 0 spiro atoms. The van der Waals surface area contributed by atoms with Crippen molar-refractivity contribution >= 4 is 0 Å². The van der Waals surface area contributed by atoms with Gasteiger partial charge in [-0.15, -0.1) is 0 Å². The van der Waals surface area contributed by atoms with Crippen molar-refractivity contribution in [1.29, 1.82) is 0 Å². The van der Waals surface area contributed by atoms with Gasteiger partial charge in [0.15, 0.2) is 0 Å². The Hall–Kier alpha value is -1.68. The molecular weight excluding hydrogens is 253 g/mol. The average Bonchev–Trinajstić information content (AvgIpc) is 3.11. The second-order valence-electron chi connectivity index (χ2n) is 5.42. The van der Waals surface area contributed by atoms with E-state index in [1.165, 1.54) is 31.7 Å². The maximum Gasteiger partial charge on any atom is 0.127 e. The highest BCUT2D eigenvalue weighted by Gasteiger charge is 2.17. The van der Waals surface area contributed by atoms with E-state index in [1.54, 1.807) is 12.1 Å². The normalized spacial score (nSPS) is 15.8. The van der Waals surface area contributed by atoms with Gasteiger partial charge in [0.25, 0.3) is 0 Å². The molecule has 1 aliphatic rings. The monoisotopic (exact) mass is 273 g/mol. The molecule has 3 rings (SSSR count). The molecule has 1 saturated carbocycles. The molecule has 0 aliphatic heterocycles. The molecule has 1 aliphatic carbocycles. The first kappa shape index (κ1) is 13.3. The molecule has 1 aromatic carbocycles. The number of benzene rings is 1. The van der Waals surface area contributed by atoms with E-state index < -0.39 is 0 Å². The number of nitrogens with one attached hydrogen (secondary N) is 1. The summed E-state index contributed by atoms with van der Waals surface area (Å²) in [5.41, 5.74) is 1.72. The highest BCUT2D eigenvalue weighted by Crippen LogP contribution is 2.28. The molecule has 0 radical (unpaired) electrons. The summed E-state index contributed by atoms with van der Waals surface area (Å²) < 4.78 is 15.6. The van der Waals surface area contributed by atoms with Crippen molar-refractivity contribution in [3.05, 3.63) is 53.6 Å². The van der Waals surface area contributed by atoms with Crippen LogP contribution in [0.4, 0.5) is 4.39 Å². The summed E-state index contributed by atoms with van der Waals surface area (Å²) in [5.74, 6) is -0.156. The van der Waals surface area contributed by atoms with Crippen LogP contribution in [0.25, 0.3) is 0 Å². The lowest BCUT2D eigenvalue weighted by Gasteiger charge is -2.09. The number of hydrogen-bond donors (Lipinski definition) is 1. The number of rotatable bonds is 5. The number of hydrogen-bond acceptors (Lipinski definition) is 2. The average molecular weight is 273 g/mol. The van der Waals surface area contributed by atoms with E-state index in [0.717, 1.165) is 5.69 Å². The first-order valence-corrected chi connectivity index (χ1v) is 7.31. The van der Waals surface area contributed by atoms with Crippen LogP contribution in [0.5, 0.6) is 0 Å². The maximum atomic E-state index is 13.5. The summed E-state index contributed by atoms with van der Waals surface area (Å²) in [6.45, 7) is 1.21. The van der Waals surface area contributed by atoms with Crippen molar-refractivity contribution in [3.63, 3.8) is 0 Å². The third-order valence-electron chi connectivity index (χ3n) is 3.94. The molecule has 20 heavy (non-hydrogen) atoms. The highest BCUT2D eigenvalue weighted by molar-refractivity contribution is 5.17. The Balaban J connectivity index is 1.52. The zero-order valence-corrected chi connectivity index (χ0v) is 11.6. The first-order valence-electron chi connectivity index (χ1n) is 7.31. The van der Waals surface area contributed by atoms with Crippen LogP contribution in [0.3, 0.4) is 0 Å². The third kappa shape index (κ3) is 3.07. The predicted octanol–water partition coefficient (Wildman–Crippen LogP) is 3.43. The Morgan fingerprint density at radius 2 is 1.95 bits per heavy atom. The molecule has 4 heteroatoms. The summed E-state index contributed by atoms with van der Waals surface area (Å²) in [4.78, 5) is 0. The summed E-state index contributed by atoms with van der Waals surface area (Å²) in [5, 5.41) is 7.85. The van der Waals surface area contributed by atoms with Crippen LogP contribution >= 0.6 is 0 Å². The van der Waals surface area contributed by atoms with Crippen molar-refractivity contribution in [2.24, 2.45) is 0 Å². The predicted molar refractivity (Wildman–Crippen MR) is 76.7 cm³/mol. The van der Waals surface area contributed by atoms with Crippen molar-refractivity contribution in [2.45, 2.75) is 44.8 Å². The zero-order chi connectivity index (χ0) is 13.8. The van der Waals surface area contributed by atoms with E-state index in [4.69, 9.17) is 0 Å². The molecule has 1 fully saturated rings. The van der Waals surface area contributed by atoms with Crippen LogP contribution in [-0.4, -0.2) is 9.78 Å². The van der Waals surface area contributed by atoms with E-state index >= 15 is 0 Å². The Morgan fingerprint density at radius 3 is 2.75 bits per heavy atom. The van der Waals surface area contributed by atoms with Crippen molar-refractivity contribution in [2.75, 3.05) is 0 Å². The van der Waals surface area contributed by atoms with Gasteiger partial charge in [0.2, 0.25) is 0 Å². The highest BCUT2D eigenvalue weighted by atomic mass is 19.1. The van der Waals surface area contributed by atoms with Gasteiger partial charge in [-0.05, 0) is 25.0 Å². The van der Waals surface area contributed by atoms with Gasteiger partial charge in [0.1, 0.15) is 5.82 Å². The standard InChI is InChI=1S/C16H20FN3/c17-16-8-4-1-5-13(16)11-18-12-14-9-10-20(19-14)15-6-2-3-7-15/h1,4-5,8-10,15,18H,2-3,6-7,11-12H2. The Kier molecular flexibility index (Phi) is 4.11. The molecule has 0 saturated heterocycles. The summed E-state index contributed by atoms with van der Waals surface area (Å²) in [6, 6.07) is 9.49. The number of halogens is 1. The second-order valence-corrected chi connectivity index (χ2v) is 5.42. The number of aromatic nitrogens is 2. The largest absolute Gasteiger partial charge is 0.307 e. The van der Waals surface area contributed by atoms with Crippen molar-refractivity contribution in [3.8, 4) is 0 Å². The van der Waals surface area contributed by atoms with Gasteiger partial charge in [-0.3, -0.25) is 4.68 Å². The lowest BCUT2D eigenvalue weighted by atomic mass is 10.2. The molecule has 1 heterocycles. The van der Waals surface area contributed by atoms with Crippen molar-refractivity contribution < 1.29 is 4.39 Å². The molecule has 0 unspecified atom stereocenters. The Labute approximate surface area is 118 Å². The quantitative estimate of drug-likeness (QED) is 0.904. The Bertz CT molecular complexity index is 558. The first-order chi connectivity index (χ1) is 9.83. The molecular formula is C16H20FN3. The van der Waals surface area contributed by atoms with Crippen LogP contribution < -0.4 is 5.32 Å². The number of nitrogens with zero attached hydrogens (tertiary/aromatic N) is 2. The zero-order valence-electron chi connectivity index (χ0n) is 11.6. The van der Waals surface area contributed by atoms with Gasteiger partial charge in [-0.1, -0.05) is 31.0 Å². The lowest BCUT2D eigenvalue weighted by Crippen LogP contribution is -2.15. The van der Waals surface area contributed by atoms with Crippen LogP contribution in [0, 0.1) is 5.82 Å². The van der Waals surface area contributed by atoms with E-state index in [0.29, 0.717) is 24.7 Å². The molecule has 106 valence electrons. The van der Waals surface area contributed by atoms with Crippen LogP contribution in [0.1, 0.15) is 43.0 Å². The Morgan fingerprint density at radius 1 is 1.15 bits per heavy atom. The molecule has 2 aromatic rings. The topological polar surface area (TPSA) is 29.9 Å². The van der Waals surface area contributed by atoms with Crippen LogP contribution in [0.2, 0.25) is 0 Å². The van der Waals surface area contributed by atoms with Gasteiger partial charge in [-0.25, -0.2) is 4.39 Å². The fourth-order valence-electron chi connectivity index (χ4n) is 2.81. The molecule has 0 atom stereocenters. The van der Waals surface area contributed by atoms with Gasteiger partial charge in [0, 0.05) is 24.8 Å². The fourth-order valence-corrected chi connectivity index (χ4v) is 2.81. The molecule has 0 bridgehead atoms. The summed E-state index contributed by atoms with van der Waals surface area (Å²) in [6.07, 6.45) is 7.17. The van der Waals surface area contributed by atoms with Crippen LogP contribution in [0.15, 0.2) is 36.5 Å². The summed E-state index contributed by atoms with van der Waals surface area (Å²) >= 11 is 0. The molecule has 1 N–H and O–H groups in total. The van der Waals surface area contributed by atoms with E-state index in [2.05, 4.69) is 21.3 Å². The third-order valence-corrected chi connectivity index (χ3v) is 3.94. The maximum absolute atomic E-state index is 13.5. The van der Waals surface area contributed by atoms with Crippen LogP contribution in [-0.2, 0) is 13.1 Å². The SMILES string of the molecule is Fc1ccccc1CNCc1ccn(C2CCCC2)n1. The van der Waals surface area contributed by atoms with Crippen molar-refractivity contribution in [1.82, 2.24) is 15.1 Å². The minimum atomic E-state index is -0.156. The van der Waals surface area contributed by atoms with Gasteiger partial charge in [0.05, 0.1) is 11.7 Å². The van der Waals surface area contributed by atoms with Gasteiger partial charge < -0.3 is 5.32 Å². The van der Waals surface area contributed by atoms with Gasteiger partial charge >= 0.3 is 0 Å². The lowest BCUT2D eigenvalue weighted by molar-refractivity contribution is 0.460. The molecule has 1 aromatic heterocycles. The van der Waals surface area contributed by atoms with Gasteiger partial charge in [-0.2, -0.15) is 5.10 Å². The van der Waals surface area contributed by atoms with E-state index in [1.807, 2.05) is 12.1 Å².